The van der Waals surface area contributed by atoms with Crippen LogP contribution in [0.1, 0.15) is 64.2 Å². The van der Waals surface area contributed by atoms with Crippen LogP contribution in [0.15, 0.2) is 36.5 Å². The third-order valence-electron chi connectivity index (χ3n) is 8.94. The number of quaternary nitrogens is 2. The van der Waals surface area contributed by atoms with Gasteiger partial charge >= 0.3 is 0 Å². The minimum absolute atomic E-state index is 0.126. The third-order valence-corrected chi connectivity index (χ3v) is 8.94. The number of hydrogen-bond donors (Lipinski definition) is 1. The fourth-order valence-corrected chi connectivity index (χ4v) is 7.73. The van der Waals surface area contributed by atoms with E-state index in [1.54, 1.807) is 0 Å². The van der Waals surface area contributed by atoms with E-state index in [4.69, 9.17) is 0 Å². The molecule has 1 N–H and O–H groups in total. The fraction of sp³-hybridized carbons (Fsp3) is 0.760. The molecule has 5 heteroatoms. The highest BCUT2D eigenvalue weighted by Crippen LogP contribution is 2.61. The van der Waals surface area contributed by atoms with Crippen LogP contribution in [0.5, 0.6) is 0 Å². The number of rotatable bonds is 0. The van der Waals surface area contributed by atoms with Crippen molar-refractivity contribution in [2.45, 2.75) is 81.9 Å². The van der Waals surface area contributed by atoms with E-state index >= 15 is 0 Å². The highest BCUT2D eigenvalue weighted by molar-refractivity contribution is 5.25. The van der Waals surface area contributed by atoms with Crippen molar-refractivity contribution in [2.75, 3.05) is 26.2 Å². The van der Waals surface area contributed by atoms with Crippen molar-refractivity contribution in [2.24, 2.45) is 11.3 Å². The first-order valence-electron chi connectivity index (χ1n) is 12.3. The standard InChI is InChI=1S/C25H38N2O3/c28-25-14-8-4-1-2-5-9-16-26(29)18-13-21(12-15-25)24(20-26)19-22-11-7-3-6-10-17-27(22,30)23(24)25/h1,4,7,11-12,15,21-23,28H,2-3,5-6,8-10,13-14,16-20H2/b4-1-,11-7-/t21-,22+,23-,24+,25+,26-,27?/m1/s1. The molecule has 3 bridgehead atoms. The lowest BCUT2D eigenvalue weighted by molar-refractivity contribution is -0.932. The molecule has 0 radical (unpaired) electrons. The molecule has 5 rings (SSSR count). The lowest BCUT2D eigenvalue weighted by atomic mass is 9.57. The molecule has 5 aliphatic rings. The quantitative estimate of drug-likeness (QED) is 0.365. The van der Waals surface area contributed by atoms with Gasteiger partial charge in [0.1, 0.15) is 17.7 Å². The first-order valence-corrected chi connectivity index (χ1v) is 12.3. The summed E-state index contributed by atoms with van der Waals surface area (Å²) in [5, 5.41) is 40.6. The van der Waals surface area contributed by atoms with Gasteiger partial charge in [-0.2, -0.15) is 0 Å². The molecule has 0 aromatic heterocycles. The molecule has 0 saturated carbocycles. The Bertz CT molecular complexity index is 751. The normalized spacial score (nSPS) is 53.2. The number of aliphatic hydroxyl groups is 1. The van der Waals surface area contributed by atoms with Crippen LogP contribution in [0.25, 0.3) is 0 Å². The van der Waals surface area contributed by atoms with Crippen LogP contribution >= 0.6 is 0 Å². The summed E-state index contributed by atoms with van der Waals surface area (Å²) in [7, 11) is 0. The molecular weight excluding hydrogens is 376 g/mol. The second-order valence-corrected chi connectivity index (χ2v) is 10.8. The molecule has 7 atom stereocenters. The van der Waals surface area contributed by atoms with E-state index < -0.39 is 11.6 Å². The molecule has 1 spiro atoms. The summed E-state index contributed by atoms with van der Waals surface area (Å²) in [6, 6.07) is -0.548. The Morgan fingerprint density at radius 2 is 1.63 bits per heavy atom. The molecule has 1 aliphatic carbocycles. The second-order valence-electron chi connectivity index (χ2n) is 10.8. The molecule has 0 amide bonds. The zero-order valence-electron chi connectivity index (χ0n) is 18.3. The molecule has 30 heavy (non-hydrogen) atoms. The van der Waals surface area contributed by atoms with Gasteiger partial charge in [-0.25, -0.2) is 0 Å². The van der Waals surface area contributed by atoms with Gasteiger partial charge in [-0.1, -0.05) is 30.4 Å². The van der Waals surface area contributed by atoms with Crippen LogP contribution in [0.2, 0.25) is 0 Å². The third kappa shape index (κ3) is 3.25. The molecule has 4 aliphatic heterocycles. The van der Waals surface area contributed by atoms with E-state index in [1.165, 1.54) is 0 Å². The van der Waals surface area contributed by atoms with Gasteiger partial charge in [-0.15, -0.1) is 0 Å². The van der Waals surface area contributed by atoms with Gasteiger partial charge in [0.15, 0.2) is 0 Å². The number of nitrogens with zero attached hydrogens (tertiary/aromatic N) is 2. The van der Waals surface area contributed by atoms with Gasteiger partial charge in [0.25, 0.3) is 0 Å². The lowest BCUT2D eigenvalue weighted by Gasteiger charge is -2.62. The van der Waals surface area contributed by atoms with Crippen molar-refractivity contribution in [3.8, 4) is 0 Å². The topological polar surface area (TPSA) is 66.3 Å². The van der Waals surface area contributed by atoms with E-state index in [0.29, 0.717) is 32.6 Å². The van der Waals surface area contributed by atoms with Crippen molar-refractivity contribution in [3.05, 3.63) is 46.9 Å². The summed E-state index contributed by atoms with van der Waals surface area (Å²) in [5.41, 5.74) is -1.51. The average Bonchev–Trinajstić information content (AvgIpc) is 2.92. The first-order chi connectivity index (χ1) is 14.4. The van der Waals surface area contributed by atoms with Crippen LogP contribution < -0.4 is 0 Å². The molecule has 2 saturated heterocycles. The molecule has 0 aromatic carbocycles. The van der Waals surface area contributed by atoms with Crippen molar-refractivity contribution >= 4 is 0 Å². The number of hydroxylamine groups is 6. The summed E-state index contributed by atoms with van der Waals surface area (Å²) in [6.07, 6.45) is 21.8. The van der Waals surface area contributed by atoms with Crippen LogP contribution in [0.3, 0.4) is 0 Å². The van der Waals surface area contributed by atoms with E-state index in [9.17, 15) is 15.5 Å². The lowest BCUT2D eigenvalue weighted by Crippen LogP contribution is -2.71. The Labute approximate surface area is 181 Å². The van der Waals surface area contributed by atoms with Crippen LogP contribution in [-0.2, 0) is 0 Å². The maximum Gasteiger partial charge on any atom is 0.136 e. The molecule has 4 heterocycles. The molecule has 166 valence electrons. The monoisotopic (exact) mass is 414 g/mol. The van der Waals surface area contributed by atoms with Crippen molar-refractivity contribution in [1.82, 2.24) is 0 Å². The van der Waals surface area contributed by atoms with E-state index in [2.05, 4.69) is 30.4 Å². The SMILES string of the molecule is [O-][N+]12CCCC/C=C\[C@H]1C[C@]13C[N@@+]4([O-])CCCC/C=C\CC[C@](O)(C=C[C@@H]1CC4)[C@@H]32. The number of allylic oxidation sites excluding steroid dienone is 4. The summed E-state index contributed by atoms with van der Waals surface area (Å²) < 4.78 is -0.491. The Balaban J connectivity index is 1.64. The Kier molecular flexibility index (Phi) is 5.27. The number of piperidine rings is 1. The summed E-state index contributed by atoms with van der Waals surface area (Å²) in [6.45, 7) is 2.38. The van der Waals surface area contributed by atoms with Gasteiger partial charge in [0, 0.05) is 12.8 Å². The predicted molar refractivity (Wildman–Crippen MR) is 119 cm³/mol. The van der Waals surface area contributed by atoms with Crippen LogP contribution in [-0.4, -0.2) is 58.3 Å². The zero-order valence-corrected chi connectivity index (χ0v) is 18.3. The minimum Gasteiger partial charge on any atom is -0.633 e. The maximum absolute atomic E-state index is 14.7. The molecule has 1 unspecified atom stereocenters. The van der Waals surface area contributed by atoms with Crippen LogP contribution in [0.4, 0.5) is 0 Å². The van der Waals surface area contributed by atoms with E-state index in [1.807, 2.05) is 6.08 Å². The maximum atomic E-state index is 14.7. The predicted octanol–water partition coefficient (Wildman–Crippen LogP) is 4.32. The number of hydrogen-bond acceptors (Lipinski definition) is 3. The summed E-state index contributed by atoms with van der Waals surface area (Å²) >= 11 is 0. The number of fused-ring (bicyclic) bond motifs is 2. The Morgan fingerprint density at radius 1 is 0.867 bits per heavy atom. The van der Waals surface area contributed by atoms with Crippen molar-refractivity contribution in [3.63, 3.8) is 0 Å². The fourth-order valence-electron chi connectivity index (χ4n) is 7.73. The molecular formula is C25H38N2O3. The van der Waals surface area contributed by atoms with Gasteiger partial charge < -0.3 is 24.8 Å². The van der Waals surface area contributed by atoms with Gasteiger partial charge in [0.05, 0.1) is 31.6 Å². The van der Waals surface area contributed by atoms with Gasteiger partial charge in [-0.3, -0.25) is 0 Å². The second kappa shape index (κ2) is 7.56. The Morgan fingerprint density at radius 3 is 2.50 bits per heavy atom. The molecule has 5 nitrogen and oxygen atoms in total. The van der Waals surface area contributed by atoms with Crippen LogP contribution in [0, 0.1) is 21.7 Å². The van der Waals surface area contributed by atoms with E-state index in [0.717, 1.165) is 57.8 Å². The highest BCUT2D eigenvalue weighted by Gasteiger charge is 2.71. The Hall–Kier alpha value is -0.980. The highest BCUT2D eigenvalue weighted by atomic mass is 16.6. The summed E-state index contributed by atoms with van der Waals surface area (Å²) in [4.78, 5) is 0. The first kappa shape index (κ1) is 20.9. The summed E-state index contributed by atoms with van der Waals surface area (Å²) in [5.74, 6) is 0.245. The molecule has 0 aromatic rings. The largest absolute Gasteiger partial charge is 0.633 e. The van der Waals surface area contributed by atoms with Crippen molar-refractivity contribution in [1.29, 1.82) is 0 Å². The average molecular weight is 415 g/mol. The minimum atomic E-state index is -1.12. The molecule has 2 fully saturated rings. The van der Waals surface area contributed by atoms with Gasteiger partial charge in [0.2, 0.25) is 0 Å². The van der Waals surface area contributed by atoms with Gasteiger partial charge in [-0.05, 0) is 63.4 Å². The van der Waals surface area contributed by atoms with E-state index in [-0.39, 0.29) is 26.7 Å². The van der Waals surface area contributed by atoms with Crippen molar-refractivity contribution < 1.29 is 14.4 Å². The zero-order chi connectivity index (χ0) is 20.9. The smallest absolute Gasteiger partial charge is 0.136 e.